The quantitative estimate of drug-likeness (QED) is 0.788. The predicted molar refractivity (Wildman–Crippen MR) is 118 cm³/mol. The number of aryl methyl sites for hydroxylation is 3. The van der Waals surface area contributed by atoms with Gasteiger partial charge in [0.15, 0.2) is 6.61 Å². The molecule has 0 saturated carbocycles. The van der Waals surface area contributed by atoms with Crippen molar-refractivity contribution in [1.29, 1.82) is 0 Å². The smallest absolute Gasteiger partial charge is 0.260 e. The summed E-state index contributed by atoms with van der Waals surface area (Å²) in [5.74, 6) is 0.151. The minimum atomic E-state index is -0.252. The SMILES string of the molecule is Cc1cc(C)c(NC(=O)CN(C)C(=O)COc2ccc(C(C)(C)C)cc2)c(C)c1. The molecular weight excluding hydrogens is 364 g/mol. The summed E-state index contributed by atoms with van der Waals surface area (Å²) in [5.41, 5.74) is 5.23. The van der Waals surface area contributed by atoms with Crippen LogP contribution in [0.1, 0.15) is 43.0 Å². The molecule has 2 aromatic rings. The van der Waals surface area contributed by atoms with Crippen LogP contribution in [-0.2, 0) is 15.0 Å². The van der Waals surface area contributed by atoms with E-state index in [1.807, 2.05) is 57.2 Å². The zero-order valence-corrected chi connectivity index (χ0v) is 18.6. The number of nitrogens with one attached hydrogen (secondary N) is 1. The van der Waals surface area contributed by atoms with Gasteiger partial charge in [-0.2, -0.15) is 0 Å². The molecule has 0 fully saturated rings. The number of carbonyl (C=O) groups excluding carboxylic acids is 2. The number of amides is 2. The van der Waals surface area contributed by atoms with Crippen LogP contribution in [0, 0.1) is 20.8 Å². The van der Waals surface area contributed by atoms with Crippen LogP contribution in [0.5, 0.6) is 5.75 Å². The van der Waals surface area contributed by atoms with Gasteiger partial charge in [0.25, 0.3) is 5.91 Å². The molecule has 0 aliphatic carbocycles. The van der Waals surface area contributed by atoms with Crippen molar-refractivity contribution in [3.05, 3.63) is 58.7 Å². The summed E-state index contributed by atoms with van der Waals surface area (Å²) in [4.78, 5) is 26.1. The fraction of sp³-hybridized carbons (Fsp3) is 0.417. The zero-order valence-electron chi connectivity index (χ0n) is 18.6. The van der Waals surface area contributed by atoms with E-state index in [1.165, 1.54) is 10.5 Å². The van der Waals surface area contributed by atoms with Gasteiger partial charge in [-0.15, -0.1) is 0 Å². The number of carbonyl (C=O) groups is 2. The third-order valence-electron chi connectivity index (χ3n) is 4.83. The lowest BCUT2D eigenvalue weighted by atomic mass is 9.87. The molecule has 0 unspecified atom stereocenters. The van der Waals surface area contributed by atoms with Crippen LogP contribution in [0.25, 0.3) is 0 Å². The Bertz CT molecular complexity index is 857. The Morgan fingerprint density at radius 3 is 2.07 bits per heavy atom. The Balaban J connectivity index is 1.88. The molecule has 29 heavy (non-hydrogen) atoms. The number of anilines is 1. The van der Waals surface area contributed by atoms with E-state index in [2.05, 4.69) is 26.1 Å². The number of hydrogen-bond donors (Lipinski definition) is 1. The first-order valence-electron chi connectivity index (χ1n) is 9.82. The Kier molecular flexibility index (Phi) is 7.07. The van der Waals surface area contributed by atoms with E-state index < -0.39 is 0 Å². The Morgan fingerprint density at radius 1 is 1.00 bits per heavy atom. The van der Waals surface area contributed by atoms with Crippen molar-refractivity contribution in [2.45, 2.75) is 47.0 Å². The van der Waals surface area contributed by atoms with Crippen molar-refractivity contribution in [1.82, 2.24) is 4.90 Å². The normalized spacial score (nSPS) is 11.1. The van der Waals surface area contributed by atoms with Crippen LogP contribution in [0.4, 0.5) is 5.69 Å². The minimum absolute atomic E-state index is 0.0298. The van der Waals surface area contributed by atoms with Crippen molar-refractivity contribution in [2.24, 2.45) is 0 Å². The van der Waals surface area contributed by atoms with Gasteiger partial charge in [0.2, 0.25) is 5.91 Å². The van der Waals surface area contributed by atoms with Gasteiger partial charge in [0.1, 0.15) is 5.75 Å². The molecule has 156 valence electrons. The summed E-state index contributed by atoms with van der Waals surface area (Å²) >= 11 is 0. The second kappa shape index (κ2) is 9.12. The molecule has 0 bridgehead atoms. The average molecular weight is 397 g/mol. The molecule has 5 heteroatoms. The second-order valence-corrected chi connectivity index (χ2v) is 8.63. The maximum atomic E-state index is 12.4. The van der Waals surface area contributed by atoms with Crippen LogP contribution < -0.4 is 10.1 Å². The van der Waals surface area contributed by atoms with Gasteiger partial charge in [-0.3, -0.25) is 9.59 Å². The molecule has 2 rings (SSSR count). The highest BCUT2D eigenvalue weighted by molar-refractivity contribution is 5.95. The number of benzene rings is 2. The molecule has 0 heterocycles. The molecule has 0 saturated heterocycles. The fourth-order valence-electron chi connectivity index (χ4n) is 3.17. The second-order valence-electron chi connectivity index (χ2n) is 8.63. The highest BCUT2D eigenvalue weighted by Crippen LogP contribution is 2.24. The Labute approximate surface area is 174 Å². The van der Waals surface area contributed by atoms with E-state index in [0.717, 1.165) is 22.4 Å². The van der Waals surface area contributed by atoms with E-state index in [1.54, 1.807) is 7.05 Å². The van der Waals surface area contributed by atoms with Crippen LogP contribution in [0.2, 0.25) is 0 Å². The number of likely N-dealkylation sites (N-methyl/N-ethyl adjacent to an activating group) is 1. The zero-order chi connectivity index (χ0) is 21.8. The lowest BCUT2D eigenvalue weighted by Gasteiger charge is -2.20. The van der Waals surface area contributed by atoms with Crippen LogP contribution in [0.15, 0.2) is 36.4 Å². The van der Waals surface area contributed by atoms with Crippen LogP contribution >= 0.6 is 0 Å². The molecule has 0 radical (unpaired) electrons. The minimum Gasteiger partial charge on any atom is -0.484 e. The largest absolute Gasteiger partial charge is 0.484 e. The van der Waals surface area contributed by atoms with Gasteiger partial charge in [-0.1, -0.05) is 50.6 Å². The Morgan fingerprint density at radius 2 is 1.55 bits per heavy atom. The highest BCUT2D eigenvalue weighted by atomic mass is 16.5. The molecule has 0 aromatic heterocycles. The molecule has 1 N–H and O–H groups in total. The molecule has 5 nitrogen and oxygen atoms in total. The van der Waals surface area contributed by atoms with E-state index in [9.17, 15) is 9.59 Å². The van der Waals surface area contributed by atoms with Crippen molar-refractivity contribution < 1.29 is 14.3 Å². The molecule has 2 amide bonds. The molecular formula is C24H32N2O3. The van der Waals surface area contributed by atoms with Gasteiger partial charge in [0.05, 0.1) is 6.54 Å². The predicted octanol–water partition coefficient (Wildman–Crippen LogP) is 4.39. The van der Waals surface area contributed by atoms with E-state index in [0.29, 0.717) is 5.75 Å². The summed E-state index contributed by atoms with van der Waals surface area (Å²) in [7, 11) is 1.60. The maximum Gasteiger partial charge on any atom is 0.260 e. The summed E-state index contributed by atoms with van der Waals surface area (Å²) in [6.45, 7) is 12.2. The average Bonchev–Trinajstić information content (AvgIpc) is 2.62. The van der Waals surface area contributed by atoms with Crippen molar-refractivity contribution in [2.75, 3.05) is 25.5 Å². The first kappa shape index (κ1) is 22.5. The lowest BCUT2D eigenvalue weighted by Crippen LogP contribution is -2.37. The van der Waals surface area contributed by atoms with Gasteiger partial charge in [-0.25, -0.2) is 0 Å². The summed E-state index contributed by atoms with van der Waals surface area (Å²) in [5, 5.41) is 2.91. The summed E-state index contributed by atoms with van der Waals surface area (Å²) in [6, 6.07) is 11.8. The summed E-state index contributed by atoms with van der Waals surface area (Å²) < 4.78 is 5.58. The van der Waals surface area contributed by atoms with Crippen LogP contribution in [0.3, 0.4) is 0 Å². The summed E-state index contributed by atoms with van der Waals surface area (Å²) in [6.07, 6.45) is 0. The number of rotatable bonds is 6. The molecule has 2 aromatic carbocycles. The van der Waals surface area contributed by atoms with Crippen molar-refractivity contribution in [3.63, 3.8) is 0 Å². The third-order valence-corrected chi connectivity index (χ3v) is 4.83. The molecule has 0 spiro atoms. The highest BCUT2D eigenvalue weighted by Gasteiger charge is 2.16. The monoisotopic (exact) mass is 396 g/mol. The number of hydrogen-bond acceptors (Lipinski definition) is 3. The third kappa shape index (κ3) is 6.34. The number of ether oxygens (including phenoxy) is 1. The first-order chi connectivity index (χ1) is 13.5. The standard InChI is InChI=1S/C24H32N2O3/c1-16-12-17(2)23(18(3)13-16)25-21(27)14-26(7)22(28)15-29-20-10-8-19(9-11-20)24(4,5)6/h8-13H,14-15H2,1-7H3,(H,25,27). The molecule has 0 aliphatic rings. The van der Waals surface area contributed by atoms with E-state index in [4.69, 9.17) is 4.74 Å². The number of nitrogens with zero attached hydrogens (tertiary/aromatic N) is 1. The molecule has 0 aliphatic heterocycles. The van der Waals surface area contributed by atoms with E-state index in [-0.39, 0.29) is 30.4 Å². The lowest BCUT2D eigenvalue weighted by molar-refractivity contribution is -0.135. The van der Waals surface area contributed by atoms with Gasteiger partial charge in [-0.05, 0) is 55.0 Å². The van der Waals surface area contributed by atoms with Crippen molar-refractivity contribution in [3.8, 4) is 5.75 Å². The van der Waals surface area contributed by atoms with Crippen molar-refractivity contribution >= 4 is 17.5 Å². The van der Waals surface area contributed by atoms with Gasteiger partial charge >= 0.3 is 0 Å². The maximum absolute atomic E-state index is 12.4. The van der Waals surface area contributed by atoms with E-state index >= 15 is 0 Å². The van der Waals surface area contributed by atoms with Crippen LogP contribution in [-0.4, -0.2) is 36.9 Å². The topological polar surface area (TPSA) is 58.6 Å². The fourth-order valence-corrected chi connectivity index (χ4v) is 3.17. The van der Waals surface area contributed by atoms with Gasteiger partial charge in [0, 0.05) is 12.7 Å². The molecule has 0 atom stereocenters. The Hall–Kier alpha value is -2.82. The van der Waals surface area contributed by atoms with Gasteiger partial charge < -0.3 is 15.0 Å². The first-order valence-corrected chi connectivity index (χ1v) is 9.82.